The van der Waals surface area contributed by atoms with Gasteiger partial charge in [0.2, 0.25) is 0 Å². The van der Waals surface area contributed by atoms with Crippen molar-refractivity contribution in [2.24, 2.45) is 0 Å². The van der Waals surface area contributed by atoms with Crippen LogP contribution in [-0.4, -0.2) is 51.3 Å². The van der Waals surface area contributed by atoms with Gasteiger partial charge in [0.1, 0.15) is 0 Å². The number of halogens is 1. The van der Waals surface area contributed by atoms with Crippen molar-refractivity contribution in [1.29, 1.82) is 0 Å². The van der Waals surface area contributed by atoms with E-state index in [9.17, 15) is 10.2 Å². The lowest BCUT2D eigenvalue weighted by atomic mass is 9.87. The van der Waals surface area contributed by atoms with Crippen LogP contribution in [0.3, 0.4) is 0 Å². The standard InChI is InChI=1S/C11H20BrNO2/c12-8-4-5-9(14)10(11(8)15)13-6-2-1-3-7-13/h8-11,14-15H,1-7H2/t8-,9+,10-,11+/m0/s1. The molecule has 0 aromatic rings. The van der Waals surface area contributed by atoms with E-state index >= 15 is 0 Å². The number of nitrogens with zero attached hydrogens (tertiary/aromatic N) is 1. The molecule has 2 fully saturated rings. The van der Waals surface area contributed by atoms with Crippen LogP contribution in [0.15, 0.2) is 0 Å². The zero-order valence-electron chi connectivity index (χ0n) is 8.98. The van der Waals surface area contributed by atoms with E-state index < -0.39 is 6.10 Å². The highest BCUT2D eigenvalue weighted by Crippen LogP contribution is 2.30. The molecule has 15 heavy (non-hydrogen) atoms. The molecule has 0 amide bonds. The largest absolute Gasteiger partial charge is 0.391 e. The molecular formula is C11H20BrNO2. The molecule has 4 heteroatoms. The smallest absolute Gasteiger partial charge is 0.0845 e. The first-order valence-corrected chi connectivity index (χ1v) is 6.86. The van der Waals surface area contributed by atoms with Gasteiger partial charge < -0.3 is 10.2 Å². The van der Waals surface area contributed by atoms with E-state index in [4.69, 9.17) is 0 Å². The summed E-state index contributed by atoms with van der Waals surface area (Å²) in [6.45, 7) is 2.05. The molecule has 1 heterocycles. The predicted molar refractivity (Wildman–Crippen MR) is 63.2 cm³/mol. The summed E-state index contributed by atoms with van der Waals surface area (Å²) in [6, 6.07) is -0.0524. The number of hydrogen-bond acceptors (Lipinski definition) is 3. The van der Waals surface area contributed by atoms with Gasteiger partial charge >= 0.3 is 0 Å². The lowest BCUT2D eigenvalue weighted by molar-refractivity contribution is -0.0573. The SMILES string of the molecule is O[C@H]1[C@@H](N2CCCCC2)[C@H](O)CC[C@@H]1Br. The van der Waals surface area contributed by atoms with Crippen LogP contribution in [0.25, 0.3) is 0 Å². The Kier molecular flexibility index (Phi) is 4.04. The second kappa shape index (κ2) is 5.13. The molecule has 0 aromatic carbocycles. The average Bonchev–Trinajstić information content (AvgIpc) is 2.26. The quantitative estimate of drug-likeness (QED) is 0.706. The van der Waals surface area contributed by atoms with Gasteiger partial charge in [-0.1, -0.05) is 22.4 Å². The fourth-order valence-electron chi connectivity index (χ4n) is 2.79. The molecule has 88 valence electrons. The van der Waals surface area contributed by atoms with Gasteiger partial charge in [-0.2, -0.15) is 0 Å². The van der Waals surface area contributed by atoms with Crippen LogP contribution < -0.4 is 0 Å². The normalized spacial score (nSPS) is 44.2. The highest BCUT2D eigenvalue weighted by atomic mass is 79.9. The predicted octanol–water partition coefficient (Wildman–Crippen LogP) is 1.12. The van der Waals surface area contributed by atoms with E-state index in [0.717, 1.165) is 25.9 Å². The van der Waals surface area contributed by atoms with Crippen LogP contribution in [0, 0.1) is 0 Å². The maximum absolute atomic E-state index is 10.1. The molecule has 1 aliphatic carbocycles. The van der Waals surface area contributed by atoms with Crippen LogP contribution in [0.4, 0.5) is 0 Å². The van der Waals surface area contributed by atoms with Gasteiger partial charge in [0.25, 0.3) is 0 Å². The number of likely N-dealkylation sites (tertiary alicyclic amines) is 1. The van der Waals surface area contributed by atoms with Crippen molar-refractivity contribution in [1.82, 2.24) is 4.90 Å². The first kappa shape index (κ1) is 11.8. The van der Waals surface area contributed by atoms with Crippen LogP contribution in [0.2, 0.25) is 0 Å². The highest BCUT2D eigenvalue weighted by Gasteiger charge is 2.40. The molecule has 1 saturated heterocycles. The second-order valence-electron chi connectivity index (χ2n) is 4.74. The highest BCUT2D eigenvalue weighted by molar-refractivity contribution is 9.09. The molecule has 2 rings (SSSR count). The first-order valence-electron chi connectivity index (χ1n) is 5.94. The molecule has 0 unspecified atom stereocenters. The Labute approximate surface area is 99.6 Å². The maximum atomic E-state index is 10.1. The Morgan fingerprint density at radius 3 is 2.33 bits per heavy atom. The van der Waals surface area contributed by atoms with E-state index in [0.29, 0.717) is 0 Å². The van der Waals surface area contributed by atoms with Gasteiger partial charge in [0.05, 0.1) is 18.2 Å². The van der Waals surface area contributed by atoms with Crippen LogP contribution >= 0.6 is 15.9 Å². The fraction of sp³-hybridized carbons (Fsp3) is 1.00. The molecule has 4 atom stereocenters. The Morgan fingerprint density at radius 2 is 1.67 bits per heavy atom. The summed E-state index contributed by atoms with van der Waals surface area (Å²) in [6.07, 6.45) is 4.57. The lowest BCUT2D eigenvalue weighted by Crippen LogP contribution is -2.57. The summed E-state index contributed by atoms with van der Waals surface area (Å²) < 4.78 is 0. The Bertz CT molecular complexity index is 209. The summed E-state index contributed by atoms with van der Waals surface area (Å²) in [5, 5.41) is 20.1. The van der Waals surface area contributed by atoms with Crippen molar-refractivity contribution in [3.8, 4) is 0 Å². The lowest BCUT2D eigenvalue weighted by Gasteiger charge is -2.44. The van der Waals surface area contributed by atoms with Crippen molar-refractivity contribution >= 4 is 15.9 Å². The number of aliphatic hydroxyl groups excluding tert-OH is 2. The number of piperidine rings is 1. The van der Waals surface area contributed by atoms with Gasteiger partial charge in [-0.05, 0) is 38.8 Å². The molecule has 1 aliphatic heterocycles. The van der Waals surface area contributed by atoms with Crippen LogP contribution in [0.5, 0.6) is 0 Å². The summed E-state index contributed by atoms with van der Waals surface area (Å²) in [4.78, 5) is 2.42. The molecular weight excluding hydrogens is 258 g/mol. The summed E-state index contributed by atoms with van der Waals surface area (Å²) in [5.74, 6) is 0. The van der Waals surface area contributed by atoms with Gasteiger partial charge in [-0.15, -0.1) is 0 Å². The van der Waals surface area contributed by atoms with Gasteiger partial charge in [0, 0.05) is 4.83 Å². The number of rotatable bonds is 1. The number of hydrogen-bond donors (Lipinski definition) is 2. The molecule has 0 aromatic heterocycles. The summed E-state index contributed by atoms with van der Waals surface area (Å²) in [7, 11) is 0. The van der Waals surface area contributed by atoms with Gasteiger partial charge in [-0.25, -0.2) is 0 Å². The minimum atomic E-state index is -0.424. The molecule has 0 bridgehead atoms. The van der Waals surface area contributed by atoms with E-state index in [1.54, 1.807) is 0 Å². The van der Waals surface area contributed by atoms with E-state index in [1.165, 1.54) is 19.3 Å². The van der Waals surface area contributed by atoms with E-state index in [-0.39, 0.29) is 17.0 Å². The zero-order chi connectivity index (χ0) is 10.8. The average molecular weight is 278 g/mol. The third-order valence-electron chi connectivity index (χ3n) is 3.67. The summed E-state index contributed by atoms with van der Waals surface area (Å²) in [5.41, 5.74) is 0. The van der Waals surface area contributed by atoms with Crippen molar-refractivity contribution in [3.63, 3.8) is 0 Å². The molecule has 1 saturated carbocycles. The monoisotopic (exact) mass is 277 g/mol. The second-order valence-corrected chi connectivity index (χ2v) is 5.91. The third-order valence-corrected chi connectivity index (χ3v) is 4.66. The Morgan fingerprint density at radius 1 is 1.00 bits per heavy atom. The maximum Gasteiger partial charge on any atom is 0.0845 e. The van der Waals surface area contributed by atoms with Crippen molar-refractivity contribution in [3.05, 3.63) is 0 Å². The van der Waals surface area contributed by atoms with Crippen LogP contribution in [0.1, 0.15) is 32.1 Å². The van der Waals surface area contributed by atoms with Crippen molar-refractivity contribution < 1.29 is 10.2 Å². The molecule has 2 N–H and O–H groups in total. The zero-order valence-corrected chi connectivity index (χ0v) is 10.6. The minimum Gasteiger partial charge on any atom is -0.391 e. The molecule has 0 radical (unpaired) electrons. The Hall–Kier alpha value is 0.360. The minimum absolute atomic E-state index is 0.0524. The Balaban J connectivity index is 2.02. The summed E-state index contributed by atoms with van der Waals surface area (Å²) >= 11 is 3.50. The van der Waals surface area contributed by atoms with Gasteiger partial charge in [0.15, 0.2) is 0 Å². The molecule has 0 spiro atoms. The van der Waals surface area contributed by atoms with Gasteiger partial charge in [-0.3, -0.25) is 4.90 Å². The third kappa shape index (κ3) is 2.54. The van der Waals surface area contributed by atoms with Crippen molar-refractivity contribution in [2.45, 2.75) is 55.2 Å². The topological polar surface area (TPSA) is 43.7 Å². The van der Waals surface area contributed by atoms with Crippen LogP contribution in [-0.2, 0) is 0 Å². The first-order chi connectivity index (χ1) is 7.20. The number of aliphatic hydroxyl groups is 2. The fourth-order valence-corrected chi connectivity index (χ4v) is 3.37. The van der Waals surface area contributed by atoms with E-state index in [2.05, 4.69) is 20.8 Å². The molecule has 2 aliphatic rings. The van der Waals surface area contributed by atoms with E-state index in [1.807, 2.05) is 0 Å². The molecule has 3 nitrogen and oxygen atoms in total. The number of alkyl halides is 1. The van der Waals surface area contributed by atoms with Crippen molar-refractivity contribution in [2.75, 3.05) is 13.1 Å².